The monoisotopic (exact) mass is 276 g/mol. The van der Waals surface area contributed by atoms with Crippen LogP contribution in [0.1, 0.15) is 11.3 Å². The Morgan fingerprint density at radius 3 is 2.65 bits per heavy atom. The molecule has 20 heavy (non-hydrogen) atoms. The molecule has 0 saturated carbocycles. The van der Waals surface area contributed by atoms with E-state index in [0.29, 0.717) is 5.56 Å². The summed E-state index contributed by atoms with van der Waals surface area (Å²) in [5, 5.41) is 23.7. The molecule has 1 aromatic carbocycles. The number of nitrogens with one attached hydrogen (secondary N) is 1. The van der Waals surface area contributed by atoms with E-state index in [1.54, 1.807) is 12.1 Å². The highest BCUT2D eigenvalue weighted by Crippen LogP contribution is 2.09. The zero-order valence-electron chi connectivity index (χ0n) is 10.1. The number of rotatable bonds is 4. The Morgan fingerprint density at radius 1 is 1.40 bits per heavy atom. The summed E-state index contributed by atoms with van der Waals surface area (Å²) in [6, 6.07) is 5.87. The van der Waals surface area contributed by atoms with Crippen LogP contribution in [-0.2, 0) is 0 Å². The van der Waals surface area contributed by atoms with Crippen molar-refractivity contribution in [1.29, 1.82) is 0 Å². The van der Waals surface area contributed by atoms with Crippen LogP contribution in [0.25, 0.3) is 0 Å². The van der Waals surface area contributed by atoms with Crippen molar-refractivity contribution in [2.45, 2.75) is 0 Å². The number of aromatic nitrogens is 2. The quantitative estimate of drug-likeness (QED) is 0.261. The van der Waals surface area contributed by atoms with Gasteiger partial charge < -0.3 is 11.5 Å². The van der Waals surface area contributed by atoms with Gasteiger partial charge in [0, 0.05) is 22.8 Å². The fourth-order valence-electron chi connectivity index (χ4n) is 1.29. The van der Waals surface area contributed by atoms with E-state index in [-0.39, 0.29) is 23.0 Å². The normalized spacial score (nSPS) is 11.9. The Balaban J connectivity index is 2.10. The number of non-ortho nitro benzene ring substituents is 1. The Labute approximate surface area is 111 Å². The summed E-state index contributed by atoms with van der Waals surface area (Å²) in [5.41, 5.74) is 11.9. The zero-order valence-corrected chi connectivity index (χ0v) is 10.1. The molecule has 0 amide bonds. The van der Waals surface area contributed by atoms with Crippen molar-refractivity contribution in [2.75, 3.05) is 5.73 Å². The van der Waals surface area contributed by atoms with Crippen LogP contribution in [0.3, 0.4) is 0 Å². The van der Waals surface area contributed by atoms with Gasteiger partial charge in [0.2, 0.25) is 12.1 Å². The second kappa shape index (κ2) is 5.56. The molecule has 102 valence electrons. The first-order valence-corrected chi connectivity index (χ1v) is 5.32. The van der Waals surface area contributed by atoms with Gasteiger partial charge in [-0.05, 0) is 22.4 Å². The predicted molar refractivity (Wildman–Crippen MR) is 68.7 cm³/mol. The van der Waals surface area contributed by atoms with Crippen molar-refractivity contribution in [3.05, 3.63) is 45.6 Å². The van der Waals surface area contributed by atoms with Crippen molar-refractivity contribution < 1.29 is 14.7 Å². The van der Waals surface area contributed by atoms with Crippen LogP contribution in [0.2, 0.25) is 0 Å². The Hall–Kier alpha value is -3.30. The standard InChI is InChI=1S/C10H9N7O3/c11-9(8-10(12)16-20-15-8)14-13-5-6-1-3-7(4-2-6)17(18)19/h1-5H,(H2,11,14)(H2,12,16)/p+1/b13-5+. The summed E-state index contributed by atoms with van der Waals surface area (Å²) in [6.07, 6.45) is 1.50. The van der Waals surface area contributed by atoms with Crippen LogP contribution in [0, 0.1) is 10.1 Å². The first-order chi connectivity index (χ1) is 9.58. The molecule has 0 unspecified atom stereocenters. The molecule has 0 radical (unpaired) electrons. The molecular formula is C10H10N7O3+. The van der Waals surface area contributed by atoms with Crippen molar-refractivity contribution in [3.8, 4) is 0 Å². The number of nitrogen functional groups attached to an aromatic ring is 1. The number of anilines is 1. The molecule has 1 aromatic heterocycles. The SMILES string of the molecule is NC(=N/[NH+]=C/c1ccc([N+](=O)[O-])cc1)c1nonc1N. The smallest absolute Gasteiger partial charge is 0.269 e. The van der Waals surface area contributed by atoms with Gasteiger partial charge in [-0.2, -0.15) is 0 Å². The second-order valence-corrected chi connectivity index (χ2v) is 3.62. The largest absolute Gasteiger partial charge is 0.379 e. The average molecular weight is 276 g/mol. The molecule has 0 saturated heterocycles. The lowest BCUT2D eigenvalue weighted by molar-refractivity contribution is -0.456. The number of nitro groups is 1. The molecule has 10 heteroatoms. The second-order valence-electron chi connectivity index (χ2n) is 3.62. The Bertz CT molecular complexity index is 674. The third kappa shape index (κ3) is 2.93. The first kappa shape index (κ1) is 13.1. The molecule has 2 rings (SSSR count). The van der Waals surface area contributed by atoms with Crippen molar-refractivity contribution >= 4 is 23.6 Å². The van der Waals surface area contributed by atoms with Gasteiger partial charge in [0.05, 0.1) is 4.92 Å². The number of nitrogens with zero attached hydrogens (tertiary/aromatic N) is 4. The summed E-state index contributed by atoms with van der Waals surface area (Å²) in [7, 11) is 0. The summed E-state index contributed by atoms with van der Waals surface area (Å²) in [4.78, 5) is 10.0. The minimum absolute atomic E-state index is 0.00177. The third-order valence-corrected chi connectivity index (χ3v) is 2.28. The van der Waals surface area contributed by atoms with Gasteiger partial charge in [0.25, 0.3) is 5.69 Å². The Kier molecular flexibility index (Phi) is 3.65. The molecule has 0 fully saturated rings. The highest BCUT2D eigenvalue weighted by atomic mass is 16.6. The fraction of sp³-hybridized carbons (Fsp3) is 0. The Morgan fingerprint density at radius 2 is 2.10 bits per heavy atom. The predicted octanol–water partition coefficient (Wildman–Crippen LogP) is -1.62. The lowest BCUT2D eigenvalue weighted by Crippen LogP contribution is -2.63. The number of hydrazone groups is 1. The number of nitro benzene ring substituents is 1. The van der Waals surface area contributed by atoms with Gasteiger partial charge in [-0.25, -0.2) is 4.63 Å². The van der Waals surface area contributed by atoms with Crippen molar-refractivity contribution in [1.82, 2.24) is 10.3 Å². The highest BCUT2D eigenvalue weighted by molar-refractivity contribution is 5.98. The molecule has 1 heterocycles. The van der Waals surface area contributed by atoms with E-state index in [2.05, 4.69) is 25.1 Å². The van der Waals surface area contributed by atoms with Crippen LogP contribution < -0.4 is 16.6 Å². The zero-order chi connectivity index (χ0) is 14.5. The number of nitrogens with two attached hydrogens (primary N) is 2. The molecule has 2 aromatic rings. The van der Waals surface area contributed by atoms with Crippen LogP contribution >= 0.6 is 0 Å². The lowest BCUT2D eigenvalue weighted by atomic mass is 10.2. The minimum atomic E-state index is -0.478. The maximum absolute atomic E-state index is 10.5. The van der Waals surface area contributed by atoms with Gasteiger partial charge in [-0.1, -0.05) is 0 Å². The average Bonchev–Trinajstić information content (AvgIpc) is 2.85. The molecular weight excluding hydrogens is 266 g/mol. The van der Waals surface area contributed by atoms with E-state index in [0.717, 1.165) is 0 Å². The van der Waals surface area contributed by atoms with Crippen molar-refractivity contribution in [2.24, 2.45) is 10.8 Å². The molecule has 0 aliphatic heterocycles. The van der Waals surface area contributed by atoms with E-state index in [1.807, 2.05) is 0 Å². The maximum Gasteiger partial charge on any atom is 0.269 e. The lowest BCUT2D eigenvalue weighted by Gasteiger charge is -1.90. The van der Waals surface area contributed by atoms with Crippen LogP contribution in [-0.4, -0.2) is 27.3 Å². The van der Waals surface area contributed by atoms with E-state index >= 15 is 0 Å². The van der Waals surface area contributed by atoms with E-state index in [9.17, 15) is 10.1 Å². The molecule has 0 spiro atoms. The molecule has 5 N–H and O–H groups in total. The molecule has 0 atom stereocenters. The van der Waals surface area contributed by atoms with E-state index in [1.165, 1.54) is 18.3 Å². The number of amidine groups is 1. The van der Waals surface area contributed by atoms with Crippen LogP contribution in [0.15, 0.2) is 34.0 Å². The summed E-state index contributed by atoms with van der Waals surface area (Å²) >= 11 is 0. The van der Waals surface area contributed by atoms with Gasteiger partial charge in [-0.15, -0.1) is 5.10 Å². The van der Waals surface area contributed by atoms with Gasteiger partial charge in [0.1, 0.15) is 0 Å². The minimum Gasteiger partial charge on any atom is -0.379 e. The number of benzene rings is 1. The molecule has 0 aliphatic carbocycles. The summed E-state index contributed by atoms with van der Waals surface area (Å²) in [6.45, 7) is 0. The third-order valence-electron chi connectivity index (χ3n) is 2.28. The molecule has 10 nitrogen and oxygen atoms in total. The number of hydrogen-bond acceptors (Lipinski definition) is 7. The van der Waals surface area contributed by atoms with Crippen molar-refractivity contribution in [3.63, 3.8) is 0 Å². The topological polar surface area (TPSA) is 160 Å². The van der Waals surface area contributed by atoms with Gasteiger partial charge >= 0.3 is 0 Å². The summed E-state index contributed by atoms with van der Waals surface area (Å²) < 4.78 is 4.38. The maximum atomic E-state index is 10.5. The number of hydrogen-bond donors (Lipinski definition) is 3. The molecule has 0 bridgehead atoms. The van der Waals surface area contributed by atoms with E-state index in [4.69, 9.17) is 11.5 Å². The van der Waals surface area contributed by atoms with Gasteiger partial charge in [0.15, 0.2) is 11.5 Å². The van der Waals surface area contributed by atoms with E-state index < -0.39 is 4.92 Å². The van der Waals surface area contributed by atoms with Gasteiger partial charge in [-0.3, -0.25) is 10.1 Å². The van der Waals surface area contributed by atoms with Crippen LogP contribution in [0.5, 0.6) is 0 Å². The molecule has 0 aliphatic rings. The van der Waals surface area contributed by atoms with Crippen LogP contribution in [0.4, 0.5) is 11.5 Å². The summed E-state index contributed by atoms with van der Waals surface area (Å²) in [5.74, 6) is 0.0327. The fourth-order valence-corrected chi connectivity index (χ4v) is 1.29. The highest BCUT2D eigenvalue weighted by Gasteiger charge is 2.11. The first-order valence-electron chi connectivity index (χ1n) is 5.32.